The van der Waals surface area contributed by atoms with Gasteiger partial charge in [0, 0.05) is 12.0 Å². The molecule has 0 atom stereocenters. The van der Waals surface area contributed by atoms with Crippen molar-refractivity contribution in [2.75, 3.05) is 5.43 Å². The minimum atomic E-state index is -1.05. The van der Waals surface area contributed by atoms with Crippen LogP contribution in [0.25, 0.3) is 10.9 Å². The maximum atomic E-state index is 13.5. The molecular weight excluding hydrogens is 359 g/mol. The molecule has 138 valence electrons. The fourth-order valence-electron chi connectivity index (χ4n) is 2.90. The Labute approximate surface area is 151 Å². The van der Waals surface area contributed by atoms with Crippen molar-refractivity contribution in [3.05, 3.63) is 75.6 Å². The zero-order valence-electron chi connectivity index (χ0n) is 14.0. The molecule has 1 amide bonds. The van der Waals surface area contributed by atoms with E-state index in [9.17, 15) is 22.8 Å². The van der Waals surface area contributed by atoms with E-state index in [-0.39, 0.29) is 28.8 Å². The normalized spacial score (nSPS) is 13.7. The number of carbonyl (C=O) groups excluding carboxylic acids is 1. The Kier molecular flexibility index (Phi) is 4.18. The van der Waals surface area contributed by atoms with Gasteiger partial charge in [-0.25, -0.2) is 22.8 Å². The van der Waals surface area contributed by atoms with Crippen molar-refractivity contribution in [3.8, 4) is 0 Å². The van der Waals surface area contributed by atoms with Gasteiger partial charge in [-0.1, -0.05) is 6.07 Å². The lowest BCUT2D eigenvalue weighted by Gasteiger charge is -2.14. The highest BCUT2D eigenvalue weighted by molar-refractivity contribution is 5.86. The van der Waals surface area contributed by atoms with Crippen LogP contribution in [0.4, 0.5) is 13.2 Å². The van der Waals surface area contributed by atoms with Crippen LogP contribution in [0, 0.1) is 17.5 Å². The number of amides is 1. The topological polar surface area (TPSA) is 64.0 Å². The molecule has 0 radical (unpaired) electrons. The summed E-state index contributed by atoms with van der Waals surface area (Å²) in [6, 6.07) is 6.80. The van der Waals surface area contributed by atoms with Gasteiger partial charge in [0.25, 0.3) is 5.56 Å². The molecule has 4 rings (SSSR count). The van der Waals surface area contributed by atoms with E-state index in [1.807, 2.05) is 0 Å². The van der Waals surface area contributed by atoms with E-state index < -0.39 is 28.9 Å². The van der Waals surface area contributed by atoms with Crippen LogP contribution in [-0.2, 0) is 11.2 Å². The standard InChI is InChI=1S/C19H14F3N3O2/c20-12-4-5-13-16(9-12)23-18(11-2-3-11)25(19(13)27)24-17(26)8-10-1-6-14(21)15(22)7-10/h1,4-7,9,11H,2-3,8H2,(H,24,26). The second kappa shape index (κ2) is 6.53. The van der Waals surface area contributed by atoms with Crippen molar-refractivity contribution in [2.45, 2.75) is 25.2 Å². The molecule has 0 saturated heterocycles. The number of fused-ring (bicyclic) bond motifs is 1. The van der Waals surface area contributed by atoms with Crippen LogP contribution in [0.2, 0.25) is 0 Å². The SMILES string of the molecule is O=C(Cc1ccc(F)c(F)c1)Nn1c(C2CC2)nc2cc(F)ccc2c1=O. The summed E-state index contributed by atoms with van der Waals surface area (Å²) >= 11 is 0. The molecule has 2 aromatic carbocycles. The Morgan fingerprint density at radius 2 is 1.89 bits per heavy atom. The maximum absolute atomic E-state index is 13.5. The summed E-state index contributed by atoms with van der Waals surface area (Å²) in [5, 5.41) is 0.175. The van der Waals surface area contributed by atoms with Crippen LogP contribution < -0.4 is 11.0 Å². The largest absolute Gasteiger partial charge is 0.280 e. The first kappa shape index (κ1) is 17.3. The van der Waals surface area contributed by atoms with Gasteiger partial charge in [0.15, 0.2) is 11.6 Å². The highest BCUT2D eigenvalue weighted by Gasteiger charge is 2.30. The third-order valence-corrected chi connectivity index (χ3v) is 4.39. The van der Waals surface area contributed by atoms with Gasteiger partial charge in [0.05, 0.1) is 17.3 Å². The van der Waals surface area contributed by atoms with E-state index in [1.54, 1.807) is 0 Å². The molecule has 0 bridgehead atoms. The lowest BCUT2D eigenvalue weighted by Crippen LogP contribution is -2.37. The van der Waals surface area contributed by atoms with E-state index >= 15 is 0 Å². The third kappa shape index (κ3) is 3.42. The van der Waals surface area contributed by atoms with Crippen molar-refractivity contribution in [3.63, 3.8) is 0 Å². The highest BCUT2D eigenvalue weighted by atomic mass is 19.2. The van der Waals surface area contributed by atoms with Gasteiger partial charge in [-0.15, -0.1) is 0 Å². The molecule has 1 saturated carbocycles. The number of carbonyl (C=O) groups is 1. The summed E-state index contributed by atoms with van der Waals surface area (Å²) in [4.78, 5) is 29.4. The van der Waals surface area contributed by atoms with Gasteiger partial charge in [0.2, 0.25) is 5.91 Å². The van der Waals surface area contributed by atoms with Crippen LogP contribution in [0.15, 0.2) is 41.2 Å². The number of nitrogens with one attached hydrogen (secondary N) is 1. The fraction of sp³-hybridized carbons (Fsp3) is 0.211. The number of halogens is 3. The molecule has 0 unspecified atom stereocenters. The Balaban J connectivity index is 1.68. The molecule has 1 fully saturated rings. The number of hydrogen-bond donors (Lipinski definition) is 1. The molecule has 5 nitrogen and oxygen atoms in total. The van der Waals surface area contributed by atoms with Crippen LogP contribution in [-0.4, -0.2) is 15.6 Å². The van der Waals surface area contributed by atoms with Crippen LogP contribution in [0.3, 0.4) is 0 Å². The van der Waals surface area contributed by atoms with Crippen LogP contribution in [0.5, 0.6) is 0 Å². The van der Waals surface area contributed by atoms with E-state index in [0.29, 0.717) is 5.82 Å². The molecule has 1 N–H and O–H groups in total. The minimum absolute atomic E-state index is 0.00827. The minimum Gasteiger partial charge on any atom is -0.273 e. The summed E-state index contributed by atoms with van der Waals surface area (Å²) in [5.41, 5.74) is 2.47. The molecule has 27 heavy (non-hydrogen) atoms. The van der Waals surface area contributed by atoms with E-state index in [1.165, 1.54) is 18.2 Å². The summed E-state index contributed by atoms with van der Waals surface area (Å²) < 4.78 is 40.8. The number of nitrogens with zero attached hydrogens (tertiary/aromatic N) is 2. The first-order valence-electron chi connectivity index (χ1n) is 8.38. The highest BCUT2D eigenvalue weighted by Crippen LogP contribution is 2.38. The Bertz CT molecular complexity index is 1120. The maximum Gasteiger partial charge on any atom is 0.280 e. The summed E-state index contributed by atoms with van der Waals surface area (Å²) in [6.45, 7) is 0. The second-order valence-electron chi connectivity index (χ2n) is 6.51. The van der Waals surface area contributed by atoms with E-state index in [4.69, 9.17) is 0 Å². The lowest BCUT2D eigenvalue weighted by atomic mass is 10.1. The van der Waals surface area contributed by atoms with Crippen molar-refractivity contribution < 1.29 is 18.0 Å². The average Bonchev–Trinajstić information content (AvgIpc) is 3.45. The summed E-state index contributed by atoms with van der Waals surface area (Å²) in [7, 11) is 0. The number of aromatic nitrogens is 2. The first-order valence-corrected chi connectivity index (χ1v) is 8.38. The predicted molar refractivity (Wildman–Crippen MR) is 92.4 cm³/mol. The van der Waals surface area contributed by atoms with Crippen molar-refractivity contribution in [1.29, 1.82) is 0 Å². The third-order valence-electron chi connectivity index (χ3n) is 4.39. The smallest absolute Gasteiger partial charge is 0.273 e. The zero-order chi connectivity index (χ0) is 19.1. The van der Waals surface area contributed by atoms with Gasteiger partial charge in [0.1, 0.15) is 11.6 Å². The molecular formula is C19H14F3N3O2. The van der Waals surface area contributed by atoms with Crippen LogP contribution >= 0.6 is 0 Å². The molecule has 3 aromatic rings. The van der Waals surface area contributed by atoms with Gasteiger partial charge < -0.3 is 0 Å². The Morgan fingerprint density at radius 3 is 2.59 bits per heavy atom. The Hall–Kier alpha value is -3.16. The monoisotopic (exact) mass is 373 g/mol. The van der Waals surface area contributed by atoms with Gasteiger partial charge in [-0.2, -0.15) is 0 Å². The zero-order valence-corrected chi connectivity index (χ0v) is 14.0. The van der Waals surface area contributed by atoms with Gasteiger partial charge in [-0.05, 0) is 42.7 Å². The number of rotatable bonds is 4. The summed E-state index contributed by atoms with van der Waals surface area (Å²) in [6.07, 6.45) is 1.38. The molecule has 0 aliphatic heterocycles. The quantitative estimate of drug-likeness (QED) is 0.765. The molecule has 8 heteroatoms. The summed E-state index contributed by atoms with van der Waals surface area (Å²) in [5.74, 6) is -2.77. The number of benzene rings is 2. The van der Waals surface area contributed by atoms with Crippen molar-refractivity contribution in [2.24, 2.45) is 0 Å². The van der Waals surface area contributed by atoms with Gasteiger partial charge in [-0.3, -0.25) is 15.0 Å². The van der Waals surface area contributed by atoms with Crippen LogP contribution in [0.1, 0.15) is 30.1 Å². The molecule has 1 aromatic heterocycles. The predicted octanol–water partition coefficient (Wildman–Crippen LogP) is 3.00. The van der Waals surface area contributed by atoms with E-state index in [2.05, 4.69) is 10.4 Å². The average molecular weight is 373 g/mol. The van der Waals surface area contributed by atoms with Crippen molar-refractivity contribution in [1.82, 2.24) is 9.66 Å². The molecule has 1 aliphatic rings. The molecule has 0 spiro atoms. The molecule has 1 heterocycles. The van der Waals surface area contributed by atoms with Gasteiger partial charge >= 0.3 is 0 Å². The van der Waals surface area contributed by atoms with Crippen molar-refractivity contribution >= 4 is 16.8 Å². The molecule has 1 aliphatic carbocycles. The fourth-order valence-corrected chi connectivity index (χ4v) is 2.90. The first-order chi connectivity index (χ1) is 12.9. The number of hydrogen-bond acceptors (Lipinski definition) is 3. The second-order valence-corrected chi connectivity index (χ2v) is 6.51. The lowest BCUT2D eigenvalue weighted by molar-refractivity contribution is -0.116. The Morgan fingerprint density at radius 1 is 1.11 bits per heavy atom. The van der Waals surface area contributed by atoms with E-state index in [0.717, 1.165) is 35.7 Å².